The van der Waals surface area contributed by atoms with E-state index in [1.165, 1.54) is 49.7 Å². The quantitative estimate of drug-likeness (QED) is 0.805. The molecular weight excluding hydrogens is 208 g/mol. The van der Waals surface area contributed by atoms with Gasteiger partial charge in [0, 0.05) is 0 Å². The van der Waals surface area contributed by atoms with E-state index in [4.69, 9.17) is 0 Å². The topological polar surface area (TPSA) is 20.2 Å². The van der Waals surface area contributed by atoms with Crippen molar-refractivity contribution in [3.05, 3.63) is 29.3 Å². The Morgan fingerprint density at radius 3 is 2.53 bits per heavy atom. The van der Waals surface area contributed by atoms with Gasteiger partial charge in [-0.05, 0) is 41.5 Å². The van der Waals surface area contributed by atoms with Gasteiger partial charge in [0.1, 0.15) is 5.75 Å². The lowest BCUT2D eigenvalue weighted by Gasteiger charge is -2.23. The summed E-state index contributed by atoms with van der Waals surface area (Å²) in [6.45, 7) is 4.41. The highest BCUT2D eigenvalue weighted by molar-refractivity contribution is 5.37. The van der Waals surface area contributed by atoms with E-state index in [9.17, 15) is 5.11 Å². The Morgan fingerprint density at radius 2 is 1.88 bits per heavy atom. The summed E-state index contributed by atoms with van der Waals surface area (Å²) in [5.74, 6) is 1.77. The fourth-order valence-corrected chi connectivity index (χ4v) is 3.01. The molecule has 1 aliphatic carbocycles. The SMILES string of the molecule is CC(C)c1cc(O)ccc1CC1CCCCC1. The minimum absolute atomic E-state index is 0.404. The maximum atomic E-state index is 9.59. The van der Waals surface area contributed by atoms with Crippen molar-refractivity contribution in [1.82, 2.24) is 0 Å². The van der Waals surface area contributed by atoms with Crippen LogP contribution in [0.4, 0.5) is 0 Å². The molecule has 0 bridgehead atoms. The Kier molecular flexibility index (Phi) is 4.09. The molecule has 1 fully saturated rings. The van der Waals surface area contributed by atoms with Crippen molar-refractivity contribution < 1.29 is 5.11 Å². The summed E-state index contributed by atoms with van der Waals surface area (Å²) in [5, 5.41) is 9.59. The predicted molar refractivity (Wildman–Crippen MR) is 72.5 cm³/mol. The standard InChI is InChI=1S/C16H24O/c1-12(2)16-11-15(17)9-8-14(16)10-13-6-4-3-5-7-13/h8-9,11-13,17H,3-7,10H2,1-2H3. The predicted octanol–water partition coefficient (Wildman–Crippen LogP) is 4.64. The molecule has 17 heavy (non-hydrogen) atoms. The minimum Gasteiger partial charge on any atom is -0.508 e. The second kappa shape index (κ2) is 5.57. The summed E-state index contributed by atoms with van der Waals surface area (Å²) in [6, 6.07) is 5.91. The van der Waals surface area contributed by atoms with Gasteiger partial charge in [-0.2, -0.15) is 0 Å². The van der Waals surface area contributed by atoms with Crippen LogP contribution in [0.2, 0.25) is 0 Å². The maximum absolute atomic E-state index is 9.59. The molecular formula is C16H24O. The molecule has 0 atom stereocenters. The zero-order valence-electron chi connectivity index (χ0n) is 11.1. The number of hydrogen-bond acceptors (Lipinski definition) is 1. The average molecular weight is 232 g/mol. The van der Waals surface area contributed by atoms with Crippen LogP contribution in [-0.2, 0) is 6.42 Å². The first kappa shape index (κ1) is 12.5. The molecule has 0 radical (unpaired) electrons. The molecule has 0 amide bonds. The Bertz CT molecular complexity index is 362. The molecule has 2 rings (SSSR count). The first-order valence-electron chi connectivity index (χ1n) is 6.98. The first-order chi connectivity index (χ1) is 8.16. The lowest BCUT2D eigenvalue weighted by molar-refractivity contribution is 0.355. The van der Waals surface area contributed by atoms with Gasteiger partial charge < -0.3 is 5.11 Å². The molecule has 1 aromatic carbocycles. The summed E-state index contributed by atoms with van der Waals surface area (Å²) in [5.41, 5.74) is 2.78. The van der Waals surface area contributed by atoms with Crippen LogP contribution in [0.3, 0.4) is 0 Å². The van der Waals surface area contributed by atoms with Crippen LogP contribution in [0.1, 0.15) is 63.0 Å². The molecule has 1 aromatic rings. The van der Waals surface area contributed by atoms with Gasteiger partial charge in [-0.3, -0.25) is 0 Å². The monoisotopic (exact) mass is 232 g/mol. The third-order valence-electron chi connectivity index (χ3n) is 3.98. The fraction of sp³-hybridized carbons (Fsp3) is 0.625. The number of hydrogen-bond donors (Lipinski definition) is 1. The summed E-state index contributed by atoms with van der Waals surface area (Å²) >= 11 is 0. The summed E-state index contributed by atoms with van der Waals surface area (Å²) < 4.78 is 0. The Morgan fingerprint density at radius 1 is 1.18 bits per heavy atom. The summed E-state index contributed by atoms with van der Waals surface area (Å²) in [6.07, 6.45) is 8.20. The minimum atomic E-state index is 0.404. The van der Waals surface area contributed by atoms with E-state index in [0.717, 1.165) is 5.92 Å². The molecule has 1 heteroatoms. The summed E-state index contributed by atoms with van der Waals surface area (Å²) in [4.78, 5) is 0. The average Bonchev–Trinajstić information content (AvgIpc) is 2.32. The van der Waals surface area contributed by atoms with Crippen molar-refractivity contribution in [2.24, 2.45) is 5.92 Å². The highest BCUT2D eigenvalue weighted by Crippen LogP contribution is 2.31. The molecule has 0 saturated heterocycles. The van der Waals surface area contributed by atoms with Gasteiger partial charge in [0.15, 0.2) is 0 Å². The smallest absolute Gasteiger partial charge is 0.115 e. The van der Waals surface area contributed by atoms with Crippen molar-refractivity contribution in [2.45, 2.75) is 58.3 Å². The Hall–Kier alpha value is -0.980. The fourth-order valence-electron chi connectivity index (χ4n) is 3.01. The lowest BCUT2D eigenvalue weighted by atomic mass is 9.82. The summed E-state index contributed by atoms with van der Waals surface area (Å²) in [7, 11) is 0. The Labute approximate surface area is 105 Å². The van der Waals surface area contributed by atoms with Gasteiger partial charge in [-0.15, -0.1) is 0 Å². The van der Waals surface area contributed by atoms with Gasteiger partial charge in [0.05, 0.1) is 0 Å². The van der Waals surface area contributed by atoms with Crippen LogP contribution in [0.25, 0.3) is 0 Å². The maximum Gasteiger partial charge on any atom is 0.115 e. The number of rotatable bonds is 3. The van der Waals surface area contributed by atoms with Crippen LogP contribution in [0, 0.1) is 5.92 Å². The highest BCUT2D eigenvalue weighted by Gasteiger charge is 2.16. The zero-order chi connectivity index (χ0) is 12.3. The second-order valence-corrected chi connectivity index (χ2v) is 5.75. The molecule has 1 aliphatic rings. The molecule has 0 unspecified atom stereocenters. The van der Waals surface area contributed by atoms with Crippen LogP contribution in [0.5, 0.6) is 5.75 Å². The largest absolute Gasteiger partial charge is 0.508 e. The van der Waals surface area contributed by atoms with Crippen LogP contribution < -0.4 is 0 Å². The van der Waals surface area contributed by atoms with Gasteiger partial charge in [0.2, 0.25) is 0 Å². The van der Waals surface area contributed by atoms with Gasteiger partial charge in [0.25, 0.3) is 0 Å². The van der Waals surface area contributed by atoms with E-state index >= 15 is 0 Å². The molecule has 1 nitrogen and oxygen atoms in total. The van der Waals surface area contributed by atoms with Crippen LogP contribution in [0.15, 0.2) is 18.2 Å². The molecule has 0 heterocycles. The van der Waals surface area contributed by atoms with Crippen molar-refractivity contribution in [2.75, 3.05) is 0 Å². The van der Waals surface area contributed by atoms with E-state index in [1.807, 2.05) is 12.1 Å². The van der Waals surface area contributed by atoms with E-state index < -0.39 is 0 Å². The van der Waals surface area contributed by atoms with Gasteiger partial charge in [-0.25, -0.2) is 0 Å². The van der Waals surface area contributed by atoms with E-state index in [0.29, 0.717) is 11.7 Å². The molecule has 1 N–H and O–H groups in total. The van der Waals surface area contributed by atoms with Crippen molar-refractivity contribution in [3.8, 4) is 5.75 Å². The first-order valence-corrected chi connectivity index (χ1v) is 6.98. The second-order valence-electron chi connectivity index (χ2n) is 5.75. The molecule has 1 saturated carbocycles. The molecule has 0 spiro atoms. The molecule has 0 aromatic heterocycles. The zero-order valence-corrected chi connectivity index (χ0v) is 11.1. The van der Waals surface area contributed by atoms with Crippen LogP contribution >= 0.6 is 0 Å². The third-order valence-corrected chi connectivity index (χ3v) is 3.98. The number of aromatic hydroxyl groups is 1. The van der Waals surface area contributed by atoms with Crippen molar-refractivity contribution >= 4 is 0 Å². The number of phenols is 1. The number of phenolic OH excluding ortho intramolecular Hbond substituents is 1. The highest BCUT2D eigenvalue weighted by atomic mass is 16.3. The Balaban J connectivity index is 2.13. The van der Waals surface area contributed by atoms with E-state index in [2.05, 4.69) is 19.9 Å². The van der Waals surface area contributed by atoms with Crippen molar-refractivity contribution in [3.63, 3.8) is 0 Å². The molecule has 94 valence electrons. The van der Waals surface area contributed by atoms with Crippen LogP contribution in [-0.4, -0.2) is 5.11 Å². The molecule has 0 aliphatic heterocycles. The lowest BCUT2D eigenvalue weighted by Crippen LogP contribution is -2.11. The normalized spacial score (nSPS) is 17.6. The van der Waals surface area contributed by atoms with Gasteiger partial charge >= 0.3 is 0 Å². The van der Waals surface area contributed by atoms with Gasteiger partial charge in [-0.1, -0.05) is 52.0 Å². The number of benzene rings is 1. The van der Waals surface area contributed by atoms with E-state index in [-0.39, 0.29) is 0 Å². The third kappa shape index (κ3) is 3.24. The van der Waals surface area contributed by atoms with E-state index in [1.54, 1.807) is 0 Å². The van der Waals surface area contributed by atoms with Crippen molar-refractivity contribution in [1.29, 1.82) is 0 Å².